The maximum atomic E-state index is 6.02. The van der Waals surface area contributed by atoms with Crippen LogP contribution in [-0.4, -0.2) is 13.2 Å². The quantitative estimate of drug-likeness (QED) is 0.805. The van der Waals surface area contributed by atoms with Crippen LogP contribution in [0.4, 0.5) is 11.4 Å². The van der Waals surface area contributed by atoms with Gasteiger partial charge < -0.3 is 15.8 Å². The molecule has 0 heterocycles. The van der Waals surface area contributed by atoms with Crippen molar-refractivity contribution < 1.29 is 4.74 Å². The molecule has 3 unspecified atom stereocenters. The van der Waals surface area contributed by atoms with Crippen molar-refractivity contribution in [2.45, 2.75) is 39.2 Å². The monoisotopic (exact) mass is 248 g/mol. The summed E-state index contributed by atoms with van der Waals surface area (Å²) in [5, 5.41) is 3.60. The standard InChI is InChI=1S/C15H24N2O/c1-10-5-4-6-14(11(10)2)17-15-9-12(18-3)7-8-13(15)16/h7-11,14,17H,4-6,16H2,1-3H3. The largest absolute Gasteiger partial charge is 0.497 e. The van der Waals surface area contributed by atoms with Gasteiger partial charge in [0.1, 0.15) is 5.75 Å². The Morgan fingerprint density at radius 1 is 1.28 bits per heavy atom. The zero-order valence-corrected chi connectivity index (χ0v) is 11.6. The zero-order valence-electron chi connectivity index (χ0n) is 11.6. The van der Waals surface area contributed by atoms with E-state index in [1.165, 1.54) is 19.3 Å². The number of hydrogen-bond acceptors (Lipinski definition) is 3. The number of nitrogen functional groups attached to an aromatic ring is 1. The molecule has 1 aromatic rings. The normalized spacial score (nSPS) is 27.8. The summed E-state index contributed by atoms with van der Waals surface area (Å²) in [5.41, 5.74) is 7.82. The summed E-state index contributed by atoms with van der Waals surface area (Å²) < 4.78 is 5.25. The van der Waals surface area contributed by atoms with E-state index in [-0.39, 0.29) is 0 Å². The van der Waals surface area contributed by atoms with Crippen LogP contribution >= 0.6 is 0 Å². The van der Waals surface area contributed by atoms with Crippen molar-refractivity contribution in [3.05, 3.63) is 18.2 Å². The van der Waals surface area contributed by atoms with Gasteiger partial charge in [0.25, 0.3) is 0 Å². The Morgan fingerprint density at radius 2 is 2.06 bits per heavy atom. The number of rotatable bonds is 3. The average Bonchev–Trinajstić information content (AvgIpc) is 2.37. The lowest BCUT2D eigenvalue weighted by atomic mass is 9.78. The summed E-state index contributed by atoms with van der Waals surface area (Å²) in [6.45, 7) is 4.67. The van der Waals surface area contributed by atoms with Crippen molar-refractivity contribution in [3.8, 4) is 5.75 Å². The highest BCUT2D eigenvalue weighted by atomic mass is 16.5. The fourth-order valence-electron chi connectivity index (χ4n) is 2.77. The number of nitrogens with one attached hydrogen (secondary N) is 1. The number of anilines is 2. The van der Waals surface area contributed by atoms with E-state index in [2.05, 4.69) is 19.2 Å². The maximum Gasteiger partial charge on any atom is 0.121 e. The molecule has 0 aromatic heterocycles. The summed E-state index contributed by atoms with van der Waals surface area (Å²) in [7, 11) is 1.68. The minimum atomic E-state index is 0.517. The molecule has 3 N–H and O–H groups in total. The van der Waals surface area contributed by atoms with Gasteiger partial charge >= 0.3 is 0 Å². The Hall–Kier alpha value is -1.38. The topological polar surface area (TPSA) is 47.3 Å². The molecule has 0 radical (unpaired) electrons. The fraction of sp³-hybridized carbons (Fsp3) is 0.600. The van der Waals surface area contributed by atoms with Gasteiger partial charge in [-0.25, -0.2) is 0 Å². The van der Waals surface area contributed by atoms with Crippen LogP contribution in [0, 0.1) is 11.8 Å². The van der Waals surface area contributed by atoms with Crippen LogP contribution in [0.2, 0.25) is 0 Å². The van der Waals surface area contributed by atoms with Crippen molar-refractivity contribution in [2.75, 3.05) is 18.2 Å². The van der Waals surface area contributed by atoms with Gasteiger partial charge in [-0.2, -0.15) is 0 Å². The van der Waals surface area contributed by atoms with Crippen molar-refractivity contribution in [1.82, 2.24) is 0 Å². The highest BCUT2D eigenvalue weighted by Crippen LogP contribution is 2.33. The molecule has 2 rings (SSSR count). The van der Waals surface area contributed by atoms with Crippen molar-refractivity contribution in [1.29, 1.82) is 0 Å². The van der Waals surface area contributed by atoms with Gasteiger partial charge in [-0.1, -0.05) is 26.7 Å². The van der Waals surface area contributed by atoms with Crippen LogP contribution in [0.5, 0.6) is 5.75 Å². The summed E-state index contributed by atoms with van der Waals surface area (Å²) >= 11 is 0. The highest BCUT2D eigenvalue weighted by molar-refractivity contribution is 5.68. The molecule has 0 aliphatic heterocycles. The van der Waals surface area contributed by atoms with E-state index >= 15 is 0 Å². The van der Waals surface area contributed by atoms with E-state index < -0.39 is 0 Å². The van der Waals surface area contributed by atoms with Crippen LogP contribution in [0.25, 0.3) is 0 Å². The molecule has 1 fully saturated rings. The molecule has 100 valence electrons. The van der Waals surface area contributed by atoms with Crippen molar-refractivity contribution >= 4 is 11.4 Å². The first-order valence-corrected chi connectivity index (χ1v) is 6.82. The van der Waals surface area contributed by atoms with E-state index in [1.807, 2.05) is 18.2 Å². The predicted octanol–water partition coefficient (Wildman–Crippen LogP) is 3.51. The van der Waals surface area contributed by atoms with E-state index in [0.29, 0.717) is 12.0 Å². The van der Waals surface area contributed by atoms with Crippen LogP contribution in [0.15, 0.2) is 18.2 Å². The van der Waals surface area contributed by atoms with E-state index in [4.69, 9.17) is 10.5 Å². The first kappa shape index (κ1) is 13.1. The summed E-state index contributed by atoms with van der Waals surface area (Å²) in [4.78, 5) is 0. The maximum absolute atomic E-state index is 6.02. The van der Waals surface area contributed by atoms with Crippen LogP contribution in [0.3, 0.4) is 0 Å². The van der Waals surface area contributed by atoms with Gasteiger partial charge in [0, 0.05) is 12.1 Å². The molecule has 18 heavy (non-hydrogen) atoms. The minimum absolute atomic E-state index is 0.517. The number of hydrogen-bond donors (Lipinski definition) is 2. The molecule has 0 saturated heterocycles. The van der Waals surface area contributed by atoms with E-state index in [1.54, 1.807) is 7.11 Å². The Balaban J connectivity index is 2.12. The van der Waals surface area contributed by atoms with Gasteiger partial charge in [-0.05, 0) is 30.4 Å². The third-order valence-electron chi connectivity index (χ3n) is 4.31. The first-order chi connectivity index (χ1) is 8.61. The van der Waals surface area contributed by atoms with Crippen LogP contribution < -0.4 is 15.8 Å². The third kappa shape index (κ3) is 2.71. The Morgan fingerprint density at radius 3 is 2.78 bits per heavy atom. The lowest BCUT2D eigenvalue weighted by Gasteiger charge is -2.35. The van der Waals surface area contributed by atoms with Gasteiger partial charge in [-0.15, -0.1) is 0 Å². The second-order valence-electron chi connectivity index (χ2n) is 5.47. The van der Waals surface area contributed by atoms with Crippen LogP contribution in [-0.2, 0) is 0 Å². The summed E-state index contributed by atoms with van der Waals surface area (Å²) in [5.74, 6) is 2.32. The lowest BCUT2D eigenvalue weighted by molar-refractivity contribution is 0.253. The molecule has 3 atom stereocenters. The lowest BCUT2D eigenvalue weighted by Crippen LogP contribution is -2.35. The second kappa shape index (κ2) is 5.51. The number of benzene rings is 1. The second-order valence-corrected chi connectivity index (χ2v) is 5.47. The third-order valence-corrected chi connectivity index (χ3v) is 4.31. The molecule has 3 nitrogen and oxygen atoms in total. The number of nitrogens with two attached hydrogens (primary N) is 1. The minimum Gasteiger partial charge on any atom is -0.497 e. The number of ether oxygens (including phenoxy) is 1. The summed E-state index contributed by atoms with van der Waals surface area (Å²) in [6.07, 6.45) is 3.86. The molecule has 1 saturated carbocycles. The first-order valence-electron chi connectivity index (χ1n) is 6.82. The SMILES string of the molecule is COc1ccc(N)c(NC2CCCC(C)C2C)c1. The van der Waals surface area contributed by atoms with Gasteiger partial charge in [0.05, 0.1) is 18.5 Å². The molecule has 1 aliphatic rings. The van der Waals surface area contributed by atoms with E-state index in [9.17, 15) is 0 Å². The fourth-order valence-corrected chi connectivity index (χ4v) is 2.77. The van der Waals surface area contributed by atoms with Crippen molar-refractivity contribution in [3.63, 3.8) is 0 Å². The predicted molar refractivity (Wildman–Crippen MR) is 77.0 cm³/mol. The Labute approximate surface area is 110 Å². The van der Waals surface area contributed by atoms with E-state index in [0.717, 1.165) is 23.0 Å². The van der Waals surface area contributed by atoms with Gasteiger partial charge in [0.2, 0.25) is 0 Å². The molecule has 0 amide bonds. The molecule has 3 heteroatoms. The summed E-state index contributed by atoms with van der Waals surface area (Å²) in [6, 6.07) is 6.30. The highest BCUT2D eigenvalue weighted by Gasteiger charge is 2.27. The number of methoxy groups -OCH3 is 1. The molecule has 0 spiro atoms. The molecule has 1 aromatic carbocycles. The van der Waals surface area contributed by atoms with Gasteiger partial charge in [0.15, 0.2) is 0 Å². The molecule has 1 aliphatic carbocycles. The molecule has 0 bridgehead atoms. The Kier molecular flexibility index (Phi) is 4.00. The van der Waals surface area contributed by atoms with Crippen LogP contribution in [0.1, 0.15) is 33.1 Å². The average molecular weight is 248 g/mol. The molecular formula is C15H24N2O. The molecular weight excluding hydrogens is 224 g/mol. The Bertz CT molecular complexity index is 405. The zero-order chi connectivity index (χ0) is 13.1. The van der Waals surface area contributed by atoms with Gasteiger partial charge in [-0.3, -0.25) is 0 Å². The van der Waals surface area contributed by atoms with Crippen molar-refractivity contribution in [2.24, 2.45) is 11.8 Å². The smallest absolute Gasteiger partial charge is 0.121 e.